The Kier molecular flexibility index (Phi) is 16.0. The van der Waals surface area contributed by atoms with Crippen LogP contribution in [0.1, 0.15) is 72.1 Å². The summed E-state index contributed by atoms with van der Waals surface area (Å²) in [4.78, 5) is 0. The van der Waals surface area contributed by atoms with Crippen molar-refractivity contribution in [2.45, 2.75) is 101 Å². The van der Waals surface area contributed by atoms with E-state index in [0.717, 1.165) is 41.4 Å². The summed E-state index contributed by atoms with van der Waals surface area (Å²) >= 11 is -0.826. The SMILES string of the molecule is CC(C)(C)OCCCCCC[Si](C)(C1CCC2C=CC=CC21)C1CCC2C=CC=CC21.[CH3-].[CH3-].[Cl][Zr+2][Cl]. The maximum absolute atomic E-state index is 5.94. The Bertz CT molecular complexity index is 697. The third-order valence-electron chi connectivity index (χ3n) is 8.98. The third kappa shape index (κ3) is 9.36. The molecule has 0 N–H and O–H groups in total. The molecule has 0 aliphatic heterocycles. The Hall–Kier alpha value is 0.600. The summed E-state index contributed by atoms with van der Waals surface area (Å²) in [5.74, 6) is 3.33. The Morgan fingerprint density at radius 2 is 1.19 bits per heavy atom. The van der Waals surface area contributed by atoms with E-state index in [1.807, 2.05) is 0 Å². The number of hydrogen-bond donors (Lipinski definition) is 0. The van der Waals surface area contributed by atoms with Gasteiger partial charge in [-0.2, -0.15) is 0 Å². The minimum atomic E-state index is -1.40. The van der Waals surface area contributed by atoms with Crippen LogP contribution in [0.4, 0.5) is 0 Å². The van der Waals surface area contributed by atoms with E-state index in [9.17, 15) is 0 Å². The first-order valence-corrected chi connectivity index (χ1v) is 22.8. The molecule has 0 saturated heterocycles. The van der Waals surface area contributed by atoms with E-state index >= 15 is 0 Å². The van der Waals surface area contributed by atoms with Crippen LogP contribution in [0.5, 0.6) is 0 Å². The Labute approximate surface area is 244 Å². The molecule has 6 atom stereocenters. The fourth-order valence-electron chi connectivity index (χ4n) is 7.44. The molecule has 0 radical (unpaired) electrons. The summed E-state index contributed by atoms with van der Waals surface area (Å²) in [5.41, 5.74) is 1.99. The van der Waals surface area contributed by atoms with Gasteiger partial charge in [-0.05, 0) is 74.8 Å². The number of unbranched alkanes of at least 4 members (excludes halogenated alkanes) is 3. The molecule has 4 aliphatic rings. The second-order valence-electron chi connectivity index (χ2n) is 12.1. The average Bonchev–Trinajstić information content (AvgIpc) is 3.43. The summed E-state index contributed by atoms with van der Waals surface area (Å²) in [5, 5.41) is 0. The molecule has 0 aromatic heterocycles. The first-order chi connectivity index (χ1) is 16.3. The second-order valence-corrected chi connectivity index (χ2v) is 20.8. The topological polar surface area (TPSA) is 9.23 Å². The summed E-state index contributed by atoms with van der Waals surface area (Å²) in [7, 11) is 8.47. The summed E-state index contributed by atoms with van der Waals surface area (Å²) < 4.78 is 5.94. The van der Waals surface area contributed by atoms with Gasteiger partial charge >= 0.3 is 37.9 Å². The number of fused-ring (bicyclic) bond motifs is 2. The van der Waals surface area contributed by atoms with Gasteiger partial charge in [0.1, 0.15) is 0 Å². The minimum absolute atomic E-state index is 0. The van der Waals surface area contributed by atoms with Crippen molar-refractivity contribution >= 4 is 25.1 Å². The molecule has 2 fully saturated rings. The summed E-state index contributed by atoms with van der Waals surface area (Å²) in [6.45, 7) is 10.3. The number of hydrogen-bond acceptors (Lipinski definition) is 1. The third-order valence-corrected chi connectivity index (χ3v) is 15.2. The molecule has 4 aliphatic carbocycles. The van der Waals surface area contributed by atoms with Crippen LogP contribution in [0, 0.1) is 38.5 Å². The molecule has 0 aromatic carbocycles. The van der Waals surface area contributed by atoms with Gasteiger partial charge in [-0.15, -0.1) is 0 Å². The van der Waals surface area contributed by atoms with Gasteiger partial charge in [-0.25, -0.2) is 0 Å². The van der Waals surface area contributed by atoms with Gasteiger partial charge in [0.2, 0.25) is 0 Å². The van der Waals surface area contributed by atoms with Crippen LogP contribution >= 0.6 is 17.0 Å². The summed E-state index contributed by atoms with van der Waals surface area (Å²) in [6, 6.07) is 1.55. The van der Waals surface area contributed by atoms with Crippen molar-refractivity contribution in [3.05, 3.63) is 63.5 Å². The molecule has 0 spiro atoms. The van der Waals surface area contributed by atoms with Crippen molar-refractivity contribution < 1.29 is 25.6 Å². The van der Waals surface area contributed by atoms with Crippen molar-refractivity contribution in [1.82, 2.24) is 0 Å². The molecule has 0 amide bonds. The maximum atomic E-state index is 5.94. The van der Waals surface area contributed by atoms with Gasteiger partial charge in [0.15, 0.2) is 0 Å². The first-order valence-electron chi connectivity index (χ1n) is 13.6. The molecule has 204 valence electrons. The van der Waals surface area contributed by atoms with Gasteiger partial charge < -0.3 is 19.6 Å². The molecule has 36 heavy (non-hydrogen) atoms. The van der Waals surface area contributed by atoms with Crippen LogP contribution in [0.15, 0.2) is 48.6 Å². The fraction of sp³-hybridized carbons (Fsp3) is 0.677. The molecule has 0 bridgehead atoms. The molecule has 0 heterocycles. The molecule has 4 rings (SSSR count). The molecule has 1 nitrogen and oxygen atoms in total. The van der Waals surface area contributed by atoms with Crippen LogP contribution in [-0.2, 0) is 25.6 Å². The van der Waals surface area contributed by atoms with Gasteiger partial charge in [0.05, 0.1) is 13.7 Å². The van der Waals surface area contributed by atoms with Crippen LogP contribution < -0.4 is 0 Å². The quantitative estimate of drug-likeness (QED) is 0.140. The zero-order valence-electron chi connectivity index (χ0n) is 23.8. The van der Waals surface area contributed by atoms with E-state index < -0.39 is 28.9 Å². The van der Waals surface area contributed by atoms with E-state index in [4.69, 9.17) is 21.8 Å². The molecular weight excluding hydrogens is 579 g/mol. The first kappa shape index (κ1) is 34.6. The Balaban J connectivity index is 0.00000123. The Morgan fingerprint density at radius 1 is 0.750 bits per heavy atom. The zero-order chi connectivity index (χ0) is 24.6. The number of rotatable bonds is 9. The summed E-state index contributed by atoms with van der Waals surface area (Å²) in [6.07, 6.45) is 30.8. The monoisotopic (exact) mass is 628 g/mol. The van der Waals surface area contributed by atoms with Gasteiger partial charge in [0, 0.05) is 6.61 Å². The zero-order valence-corrected chi connectivity index (χ0v) is 28.8. The van der Waals surface area contributed by atoms with Crippen molar-refractivity contribution in [3.63, 3.8) is 0 Å². The number of allylic oxidation sites excluding steroid dienone is 8. The van der Waals surface area contributed by atoms with Crippen molar-refractivity contribution in [2.24, 2.45) is 23.7 Å². The van der Waals surface area contributed by atoms with E-state index in [-0.39, 0.29) is 20.5 Å². The predicted molar refractivity (Wildman–Crippen MR) is 162 cm³/mol. The molecular formula is C31H52Cl2OSiZr. The fourth-order valence-corrected chi connectivity index (χ4v) is 13.9. The van der Waals surface area contributed by atoms with Crippen LogP contribution in [-0.4, -0.2) is 20.3 Å². The predicted octanol–water partition coefficient (Wildman–Crippen LogP) is 10.8. The normalized spacial score (nSPS) is 31.2. The van der Waals surface area contributed by atoms with E-state index in [1.54, 1.807) is 6.04 Å². The van der Waals surface area contributed by atoms with E-state index in [2.05, 4.69) is 75.9 Å². The van der Waals surface area contributed by atoms with Gasteiger partial charge in [-0.1, -0.05) is 93.3 Å². The molecule has 6 unspecified atom stereocenters. The molecule has 5 heteroatoms. The number of halogens is 2. The van der Waals surface area contributed by atoms with E-state index in [1.165, 1.54) is 51.4 Å². The van der Waals surface area contributed by atoms with Gasteiger partial charge in [0.25, 0.3) is 0 Å². The van der Waals surface area contributed by atoms with Crippen LogP contribution in [0.2, 0.25) is 23.7 Å². The molecule has 2 saturated carbocycles. The number of ether oxygens (including phenoxy) is 1. The van der Waals surface area contributed by atoms with Crippen molar-refractivity contribution in [1.29, 1.82) is 0 Å². The second kappa shape index (κ2) is 16.6. The van der Waals surface area contributed by atoms with Gasteiger partial charge in [-0.3, -0.25) is 0 Å². The van der Waals surface area contributed by atoms with E-state index in [0.29, 0.717) is 0 Å². The average molecular weight is 631 g/mol. The standard InChI is InChI=1S/C29H46OSi.2CH3.2ClH.Zr/c1-29(2,3)30-21-11-5-6-12-22-31(4,27-19-17-23-13-7-9-15-25(23)27)28-20-18-24-14-8-10-16-26(24)28;;;;;/h7-10,13-16,23-28H,5-6,11-12,17-22H2,1-4H3;2*1H3;2*1H;/q;2*-1;;;+4/p-2. The van der Waals surface area contributed by atoms with Crippen LogP contribution in [0.3, 0.4) is 0 Å². The van der Waals surface area contributed by atoms with Crippen molar-refractivity contribution in [2.75, 3.05) is 6.61 Å². The van der Waals surface area contributed by atoms with Crippen molar-refractivity contribution in [3.8, 4) is 0 Å². The molecule has 0 aromatic rings. The Morgan fingerprint density at radius 3 is 1.67 bits per heavy atom. The van der Waals surface area contributed by atoms with Crippen LogP contribution in [0.25, 0.3) is 0 Å².